The summed E-state index contributed by atoms with van der Waals surface area (Å²) in [5, 5.41) is 0. The van der Waals surface area contributed by atoms with Gasteiger partial charge in [0.05, 0.1) is 13.2 Å². The second kappa shape index (κ2) is 41.4. The smallest absolute Gasteiger partial charge is 0.462 e. The number of hydrogen-bond acceptors (Lipinski definition) is 8. The molecule has 0 aromatic rings. The van der Waals surface area contributed by atoms with Crippen molar-refractivity contribution >= 4 is 19.8 Å². The fourth-order valence-corrected chi connectivity index (χ4v) is 7.28. The fourth-order valence-electron chi connectivity index (χ4n) is 6.51. The molecule has 0 heterocycles. The number of hydrogen-bond donors (Lipinski definition) is 2. The van der Waals surface area contributed by atoms with Crippen LogP contribution in [0.2, 0.25) is 0 Å². The van der Waals surface area contributed by atoms with E-state index in [0.29, 0.717) is 6.42 Å². The lowest BCUT2D eigenvalue weighted by Crippen LogP contribution is -2.29. The van der Waals surface area contributed by atoms with Gasteiger partial charge in [-0.15, -0.1) is 0 Å². The van der Waals surface area contributed by atoms with Gasteiger partial charge in [-0.1, -0.05) is 187 Å². The standard InChI is InChI=1S/C44H86NO8P/c1-3-5-7-9-11-13-15-16-17-18-19-20-21-22-23-24-25-26-27-29-31-33-35-37-44(47)53-42(41-52-54(48,49)51-39-38-45)40-50-43(46)36-34-32-30-28-14-12-10-8-6-4-2/h18-19,42H,3-17,20-41,45H2,1-2H3,(H,48,49)/b19-18-. The van der Waals surface area contributed by atoms with Crippen LogP contribution < -0.4 is 5.73 Å². The number of allylic oxidation sites excluding steroid dienone is 2. The molecule has 0 aliphatic rings. The molecule has 0 aliphatic carbocycles. The van der Waals surface area contributed by atoms with Gasteiger partial charge in [0.25, 0.3) is 0 Å². The maximum absolute atomic E-state index is 12.6. The van der Waals surface area contributed by atoms with Crippen molar-refractivity contribution in [3.05, 3.63) is 12.2 Å². The fraction of sp³-hybridized carbons (Fsp3) is 0.909. The molecular formula is C44H86NO8P. The molecule has 0 aromatic carbocycles. The number of phosphoric ester groups is 1. The molecule has 3 N–H and O–H groups in total. The number of unbranched alkanes of at least 4 members (excludes halogenated alkanes) is 28. The lowest BCUT2D eigenvalue weighted by molar-refractivity contribution is -0.161. The zero-order valence-corrected chi connectivity index (χ0v) is 36.1. The van der Waals surface area contributed by atoms with E-state index in [4.69, 9.17) is 24.3 Å². The largest absolute Gasteiger partial charge is 0.472 e. The lowest BCUT2D eigenvalue weighted by Gasteiger charge is -2.19. The molecule has 2 atom stereocenters. The first kappa shape index (κ1) is 52.8. The van der Waals surface area contributed by atoms with Crippen LogP contribution in [0.1, 0.15) is 226 Å². The summed E-state index contributed by atoms with van der Waals surface area (Å²) < 4.78 is 32.7. The highest BCUT2D eigenvalue weighted by Gasteiger charge is 2.26. The van der Waals surface area contributed by atoms with E-state index in [1.54, 1.807) is 0 Å². The van der Waals surface area contributed by atoms with Crippen LogP contribution in [0.25, 0.3) is 0 Å². The van der Waals surface area contributed by atoms with Crippen molar-refractivity contribution in [3.63, 3.8) is 0 Å². The average Bonchev–Trinajstić information content (AvgIpc) is 3.16. The van der Waals surface area contributed by atoms with Crippen LogP contribution in [0, 0.1) is 0 Å². The van der Waals surface area contributed by atoms with Crippen LogP contribution in [0.5, 0.6) is 0 Å². The molecule has 54 heavy (non-hydrogen) atoms. The summed E-state index contributed by atoms with van der Waals surface area (Å²) in [6, 6.07) is 0. The summed E-state index contributed by atoms with van der Waals surface area (Å²) in [4.78, 5) is 34.8. The van der Waals surface area contributed by atoms with Gasteiger partial charge in [-0.2, -0.15) is 0 Å². The van der Waals surface area contributed by atoms with E-state index in [9.17, 15) is 19.0 Å². The zero-order valence-electron chi connectivity index (χ0n) is 35.2. The monoisotopic (exact) mass is 788 g/mol. The van der Waals surface area contributed by atoms with Crippen molar-refractivity contribution in [1.82, 2.24) is 0 Å². The molecule has 0 bridgehead atoms. The molecular weight excluding hydrogens is 701 g/mol. The van der Waals surface area contributed by atoms with E-state index in [-0.39, 0.29) is 38.6 Å². The van der Waals surface area contributed by atoms with Crippen molar-refractivity contribution < 1.29 is 37.6 Å². The van der Waals surface area contributed by atoms with Gasteiger partial charge in [0.2, 0.25) is 0 Å². The summed E-state index contributed by atoms with van der Waals surface area (Å²) in [6.07, 6.45) is 42.5. The number of rotatable bonds is 43. The molecule has 0 saturated carbocycles. The molecule has 0 aromatic heterocycles. The highest BCUT2D eigenvalue weighted by atomic mass is 31.2. The molecule has 9 nitrogen and oxygen atoms in total. The highest BCUT2D eigenvalue weighted by Crippen LogP contribution is 2.43. The molecule has 0 spiro atoms. The first-order chi connectivity index (χ1) is 26.3. The van der Waals surface area contributed by atoms with Crippen LogP contribution in [0.3, 0.4) is 0 Å². The molecule has 0 fully saturated rings. The minimum absolute atomic E-state index is 0.0562. The van der Waals surface area contributed by atoms with Gasteiger partial charge in [-0.05, 0) is 38.5 Å². The number of carbonyl (C=O) groups is 2. The Morgan fingerprint density at radius 2 is 0.907 bits per heavy atom. The molecule has 2 unspecified atom stereocenters. The SMILES string of the molecule is CCCCCCCCCC/C=C\CCCCCCCCCCCCCC(=O)OC(COC(=O)CCCCCCCCCCCC)COP(=O)(O)OCCN. The van der Waals surface area contributed by atoms with Gasteiger partial charge in [0.15, 0.2) is 6.10 Å². The Morgan fingerprint density at radius 1 is 0.537 bits per heavy atom. The van der Waals surface area contributed by atoms with E-state index < -0.39 is 26.5 Å². The molecule has 0 saturated heterocycles. The molecule has 0 aliphatic heterocycles. The predicted octanol–water partition coefficient (Wildman–Crippen LogP) is 13.0. The minimum atomic E-state index is -4.37. The molecule has 0 radical (unpaired) electrons. The van der Waals surface area contributed by atoms with Crippen molar-refractivity contribution in [2.45, 2.75) is 232 Å². The number of esters is 2. The first-order valence-corrected chi connectivity index (χ1v) is 24.2. The maximum atomic E-state index is 12.6. The Labute approximate surface area is 332 Å². The predicted molar refractivity (Wildman–Crippen MR) is 224 cm³/mol. The number of carbonyl (C=O) groups excluding carboxylic acids is 2. The van der Waals surface area contributed by atoms with E-state index >= 15 is 0 Å². The van der Waals surface area contributed by atoms with Gasteiger partial charge >= 0.3 is 19.8 Å². The summed E-state index contributed by atoms with van der Waals surface area (Å²) in [5.41, 5.74) is 5.34. The Morgan fingerprint density at radius 3 is 1.31 bits per heavy atom. The Kier molecular flexibility index (Phi) is 40.4. The third kappa shape index (κ3) is 40.4. The highest BCUT2D eigenvalue weighted by molar-refractivity contribution is 7.47. The number of nitrogens with two attached hydrogens (primary N) is 1. The van der Waals surface area contributed by atoms with Crippen molar-refractivity contribution in [2.75, 3.05) is 26.4 Å². The third-order valence-electron chi connectivity index (χ3n) is 9.90. The van der Waals surface area contributed by atoms with Crippen molar-refractivity contribution in [2.24, 2.45) is 5.73 Å². The minimum Gasteiger partial charge on any atom is -0.462 e. The van der Waals surface area contributed by atoms with Crippen LogP contribution >= 0.6 is 7.82 Å². The van der Waals surface area contributed by atoms with Crippen molar-refractivity contribution in [3.8, 4) is 0 Å². The Hall–Kier alpha value is -1.25. The van der Waals surface area contributed by atoms with Gasteiger partial charge in [0.1, 0.15) is 6.61 Å². The first-order valence-electron chi connectivity index (χ1n) is 22.7. The summed E-state index contributed by atoms with van der Waals surface area (Å²) in [5.74, 6) is -0.821. The van der Waals surface area contributed by atoms with Gasteiger partial charge < -0.3 is 20.1 Å². The number of phosphoric acid groups is 1. The van der Waals surface area contributed by atoms with Crippen LogP contribution in [-0.2, 0) is 32.7 Å². The topological polar surface area (TPSA) is 134 Å². The summed E-state index contributed by atoms with van der Waals surface area (Å²) in [6.45, 7) is 3.74. The normalized spacial score (nSPS) is 13.3. The summed E-state index contributed by atoms with van der Waals surface area (Å²) in [7, 11) is -4.37. The Bertz CT molecular complexity index is 902. The number of ether oxygens (including phenoxy) is 2. The third-order valence-corrected chi connectivity index (χ3v) is 10.9. The van der Waals surface area contributed by atoms with E-state index in [2.05, 4.69) is 26.0 Å². The molecule has 10 heteroatoms. The average molecular weight is 788 g/mol. The maximum Gasteiger partial charge on any atom is 0.472 e. The molecule has 320 valence electrons. The zero-order chi connectivity index (χ0) is 39.6. The van der Waals surface area contributed by atoms with Crippen LogP contribution in [0.4, 0.5) is 0 Å². The van der Waals surface area contributed by atoms with Crippen molar-refractivity contribution in [1.29, 1.82) is 0 Å². The van der Waals surface area contributed by atoms with Gasteiger partial charge in [-0.3, -0.25) is 18.6 Å². The summed E-state index contributed by atoms with van der Waals surface area (Å²) >= 11 is 0. The molecule has 0 rings (SSSR count). The van der Waals surface area contributed by atoms with E-state index in [1.165, 1.54) is 161 Å². The van der Waals surface area contributed by atoms with E-state index in [0.717, 1.165) is 32.1 Å². The van der Waals surface area contributed by atoms with E-state index in [1.807, 2.05) is 0 Å². The van der Waals surface area contributed by atoms with Crippen LogP contribution in [0.15, 0.2) is 12.2 Å². The second-order valence-corrected chi connectivity index (χ2v) is 16.7. The lowest BCUT2D eigenvalue weighted by atomic mass is 10.0. The molecule has 0 amide bonds. The van der Waals surface area contributed by atoms with Gasteiger partial charge in [-0.25, -0.2) is 4.57 Å². The quantitative estimate of drug-likeness (QED) is 0.0268. The Balaban J connectivity index is 4.00. The van der Waals surface area contributed by atoms with Crippen LogP contribution in [-0.4, -0.2) is 49.3 Å². The second-order valence-electron chi connectivity index (χ2n) is 15.3. The van der Waals surface area contributed by atoms with Gasteiger partial charge in [0, 0.05) is 19.4 Å².